The van der Waals surface area contributed by atoms with Crippen LogP contribution >= 0.6 is 0 Å². The van der Waals surface area contributed by atoms with Gasteiger partial charge < -0.3 is 9.84 Å². The van der Waals surface area contributed by atoms with Crippen molar-refractivity contribution in [1.82, 2.24) is 0 Å². The van der Waals surface area contributed by atoms with E-state index < -0.39 is 5.97 Å². The summed E-state index contributed by atoms with van der Waals surface area (Å²) in [5, 5.41) is 9.41. The van der Waals surface area contributed by atoms with Gasteiger partial charge in [0, 0.05) is 5.56 Å². The minimum atomic E-state index is -0.638. The molecule has 26 heavy (non-hydrogen) atoms. The molecule has 0 atom stereocenters. The SMILES string of the molecule is O=C(COC(=O)c1cccc(O)c1)c1ccc2c(c1)-c1ccccc1C2. The first kappa shape index (κ1) is 16.1. The smallest absolute Gasteiger partial charge is 0.338 e. The molecule has 0 radical (unpaired) electrons. The zero-order valence-electron chi connectivity index (χ0n) is 13.9. The Hall–Kier alpha value is -3.40. The van der Waals surface area contributed by atoms with Crippen LogP contribution in [0.1, 0.15) is 31.8 Å². The van der Waals surface area contributed by atoms with Crippen LogP contribution in [0.25, 0.3) is 11.1 Å². The maximum absolute atomic E-state index is 12.4. The van der Waals surface area contributed by atoms with Gasteiger partial charge in [0.15, 0.2) is 12.4 Å². The second-order valence-electron chi connectivity index (χ2n) is 6.26. The van der Waals surface area contributed by atoms with Gasteiger partial charge in [-0.2, -0.15) is 0 Å². The number of Topliss-reactive ketones (excluding diaryl/α,β-unsaturated/α-hetero) is 1. The average molecular weight is 344 g/mol. The zero-order valence-corrected chi connectivity index (χ0v) is 13.9. The van der Waals surface area contributed by atoms with Crippen molar-refractivity contribution in [2.75, 3.05) is 6.61 Å². The summed E-state index contributed by atoms with van der Waals surface area (Å²) in [7, 11) is 0. The molecule has 0 heterocycles. The van der Waals surface area contributed by atoms with Gasteiger partial charge in [-0.05, 0) is 52.9 Å². The quantitative estimate of drug-likeness (QED) is 0.449. The number of phenols is 1. The summed E-state index contributed by atoms with van der Waals surface area (Å²) in [6, 6.07) is 19.6. The van der Waals surface area contributed by atoms with Gasteiger partial charge in [-0.25, -0.2) is 4.79 Å². The highest BCUT2D eigenvalue weighted by Crippen LogP contribution is 2.36. The van der Waals surface area contributed by atoms with Crippen LogP contribution in [-0.4, -0.2) is 23.5 Å². The van der Waals surface area contributed by atoms with Crippen LogP contribution in [0.4, 0.5) is 0 Å². The summed E-state index contributed by atoms with van der Waals surface area (Å²) in [4.78, 5) is 24.4. The molecule has 128 valence electrons. The average Bonchev–Trinajstić information content (AvgIpc) is 3.03. The molecule has 0 unspecified atom stereocenters. The van der Waals surface area contributed by atoms with Gasteiger partial charge >= 0.3 is 5.97 Å². The molecular formula is C22H16O4. The fourth-order valence-electron chi connectivity index (χ4n) is 3.23. The van der Waals surface area contributed by atoms with Crippen LogP contribution in [0, 0.1) is 0 Å². The predicted molar refractivity (Wildman–Crippen MR) is 97.4 cm³/mol. The highest BCUT2D eigenvalue weighted by atomic mass is 16.5. The molecule has 0 saturated heterocycles. The van der Waals surface area contributed by atoms with Gasteiger partial charge in [0.05, 0.1) is 5.56 Å². The van der Waals surface area contributed by atoms with E-state index in [2.05, 4.69) is 12.1 Å². The van der Waals surface area contributed by atoms with E-state index in [1.54, 1.807) is 12.1 Å². The fraction of sp³-hybridized carbons (Fsp3) is 0.0909. The van der Waals surface area contributed by atoms with E-state index in [9.17, 15) is 14.7 Å². The molecule has 0 spiro atoms. The third kappa shape index (κ3) is 2.97. The lowest BCUT2D eigenvalue weighted by Gasteiger charge is -2.07. The second kappa shape index (κ2) is 6.48. The lowest BCUT2D eigenvalue weighted by molar-refractivity contribution is 0.0474. The zero-order chi connectivity index (χ0) is 18.1. The standard InChI is InChI=1S/C22H16O4/c23-18-6-3-5-17(11-18)22(25)26-13-21(24)16-9-8-15-10-14-4-1-2-7-19(14)20(15)12-16/h1-9,11-12,23H,10,13H2. The molecule has 1 N–H and O–H groups in total. The van der Waals surface area contributed by atoms with Crippen molar-refractivity contribution in [3.05, 3.63) is 89.0 Å². The van der Waals surface area contributed by atoms with E-state index in [0.29, 0.717) is 5.56 Å². The fourth-order valence-corrected chi connectivity index (χ4v) is 3.23. The number of hydrogen-bond acceptors (Lipinski definition) is 4. The van der Waals surface area contributed by atoms with Crippen LogP contribution in [-0.2, 0) is 11.2 Å². The van der Waals surface area contributed by atoms with Crippen LogP contribution in [0.15, 0.2) is 66.7 Å². The Kier molecular flexibility index (Phi) is 4.01. The topological polar surface area (TPSA) is 63.6 Å². The molecule has 3 aromatic carbocycles. The van der Waals surface area contributed by atoms with Crippen molar-refractivity contribution in [1.29, 1.82) is 0 Å². The molecule has 4 rings (SSSR count). The number of carbonyl (C=O) groups excluding carboxylic acids is 2. The number of hydrogen-bond donors (Lipinski definition) is 1. The third-order valence-electron chi connectivity index (χ3n) is 4.54. The van der Waals surface area contributed by atoms with E-state index in [-0.39, 0.29) is 23.7 Å². The monoisotopic (exact) mass is 344 g/mol. The summed E-state index contributed by atoms with van der Waals surface area (Å²) in [6.45, 7) is -0.338. The van der Waals surface area contributed by atoms with Crippen molar-refractivity contribution in [2.24, 2.45) is 0 Å². The van der Waals surface area contributed by atoms with Gasteiger partial charge in [-0.1, -0.05) is 42.5 Å². The Balaban J connectivity index is 1.49. The molecule has 1 aliphatic carbocycles. The number of carbonyl (C=O) groups is 2. The molecular weight excluding hydrogens is 328 g/mol. The largest absolute Gasteiger partial charge is 0.508 e. The molecule has 0 aliphatic heterocycles. The van der Waals surface area contributed by atoms with Crippen molar-refractivity contribution in [2.45, 2.75) is 6.42 Å². The lowest BCUT2D eigenvalue weighted by Crippen LogP contribution is -2.14. The van der Waals surface area contributed by atoms with Gasteiger partial charge in [0.2, 0.25) is 0 Å². The first-order chi connectivity index (χ1) is 12.6. The molecule has 0 fully saturated rings. The van der Waals surface area contributed by atoms with E-state index in [1.807, 2.05) is 24.3 Å². The Morgan fingerprint density at radius 1 is 0.846 bits per heavy atom. The van der Waals surface area contributed by atoms with Gasteiger partial charge in [0.1, 0.15) is 5.75 Å². The second-order valence-corrected chi connectivity index (χ2v) is 6.26. The van der Waals surface area contributed by atoms with Crippen molar-refractivity contribution < 1.29 is 19.4 Å². The van der Waals surface area contributed by atoms with E-state index in [1.165, 1.54) is 29.3 Å². The van der Waals surface area contributed by atoms with E-state index in [0.717, 1.165) is 17.5 Å². The Labute approximate surface area is 150 Å². The van der Waals surface area contributed by atoms with Crippen LogP contribution in [0.5, 0.6) is 5.75 Å². The number of ether oxygens (including phenoxy) is 1. The van der Waals surface area contributed by atoms with Crippen molar-refractivity contribution in [3.63, 3.8) is 0 Å². The van der Waals surface area contributed by atoms with Gasteiger partial charge in [0.25, 0.3) is 0 Å². The molecule has 4 heteroatoms. The highest BCUT2D eigenvalue weighted by Gasteiger charge is 2.20. The molecule has 0 bridgehead atoms. The van der Waals surface area contributed by atoms with E-state index in [4.69, 9.17) is 4.74 Å². The Morgan fingerprint density at radius 3 is 2.50 bits per heavy atom. The van der Waals surface area contributed by atoms with Crippen LogP contribution in [0.3, 0.4) is 0 Å². The van der Waals surface area contributed by atoms with E-state index >= 15 is 0 Å². The molecule has 0 aromatic heterocycles. The number of fused-ring (bicyclic) bond motifs is 3. The summed E-state index contributed by atoms with van der Waals surface area (Å²) in [5.41, 5.74) is 5.38. The summed E-state index contributed by atoms with van der Waals surface area (Å²) in [5.74, 6) is -0.922. The summed E-state index contributed by atoms with van der Waals surface area (Å²) < 4.78 is 5.09. The van der Waals surface area contributed by atoms with Gasteiger partial charge in [-0.15, -0.1) is 0 Å². The lowest BCUT2D eigenvalue weighted by atomic mass is 10.0. The van der Waals surface area contributed by atoms with Gasteiger partial charge in [-0.3, -0.25) is 4.79 Å². The third-order valence-corrected chi connectivity index (χ3v) is 4.54. The number of phenolic OH excluding ortho intramolecular Hbond substituents is 1. The summed E-state index contributed by atoms with van der Waals surface area (Å²) in [6.07, 6.45) is 0.868. The number of ketones is 1. The van der Waals surface area contributed by atoms with Crippen LogP contribution < -0.4 is 0 Å². The maximum Gasteiger partial charge on any atom is 0.338 e. The number of esters is 1. The number of aromatic hydroxyl groups is 1. The number of benzene rings is 3. The maximum atomic E-state index is 12.4. The van der Waals surface area contributed by atoms with Crippen molar-refractivity contribution in [3.8, 4) is 16.9 Å². The Bertz CT molecular complexity index is 1020. The number of rotatable bonds is 4. The first-order valence-corrected chi connectivity index (χ1v) is 8.32. The van der Waals surface area contributed by atoms with Crippen LogP contribution in [0.2, 0.25) is 0 Å². The molecule has 0 saturated carbocycles. The minimum Gasteiger partial charge on any atom is -0.508 e. The predicted octanol–water partition coefficient (Wildman–Crippen LogP) is 4.00. The molecule has 0 amide bonds. The summed E-state index contributed by atoms with van der Waals surface area (Å²) >= 11 is 0. The normalized spacial score (nSPS) is 11.5. The first-order valence-electron chi connectivity index (χ1n) is 8.32. The Morgan fingerprint density at radius 2 is 1.65 bits per heavy atom. The molecule has 4 nitrogen and oxygen atoms in total. The van der Waals surface area contributed by atoms with Crippen molar-refractivity contribution >= 4 is 11.8 Å². The highest BCUT2D eigenvalue weighted by molar-refractivity contribution is 6.00. The minimum absolute atomic E-state index is 0.0249. The molecule has 1 aliphatic rings. The molecule has 3 aromatic rings.